The summed E-state index contributed by atoms with van der Waals surface area (Å²) < 4.78 is 26.2. The Labute approximate surface area is 69.1 Å². The Kier molecular flexibility index (Phi) is 11.9. The Morgan fingerprint density at radius 3 is 1.50 bits per heavy atom. The van der Waals surface area contributed by atoms with Crippen molar-refractivity contribution in [3.8, 4) is 0 Å². The van der Waals surface area contributed by atoms with E-state index in [1.165, 1.54) is 0 Å². The third-order valence-electron chi connectivity index (χ3n) is 0.163. The molecule has 7 heteroatoms. The first kappa shape index (κ1) is 15.9. The third kappa shape index (κ3) is 15.8. The van der Waals surface area contributed by atoms with E-state index in [2.05, 4.69) is 0 Å². The molecule has 0 unspecified atom stereocenters. The molecule has 0 radical (unpaired) electrons. The van der Waals surface area contributed by atoms with E-state index in [0.717, 1.165) is 0 Å². The van der Waals surface area contributed by atoms with E-state index in [-0.39, 0.29) is 35.0 Å². The summed E-state index contributed by atoms with van der Waals surface area (Å²) in [5.74, 6) is -1.20. The van der Waals surface area contributed by atoms with Crippen molar-refractivity contribution < 1.29 is 23.6 Å². The third-order valence-corrected chi connectivity index (χ3v) is 0.489. The molecule has 5 nitrogen and oxygen atoms in total. The average molecular weight is 154 g/mol. The fourth-order valence-electron chi connectivity index (χ4n) is 0. The number of aliphatic hydroxyl groups excluding tert-OH is 1. The molecule has 8 heavy (non-hydrogen) atoms. The van der Waals surface area contributed by atoms with Crippen LogP contribution in [-0.4, -0.2) is 59.0 Å². The maximum atomic E-state index is 9.31. The first-order valence-electron chi connectivity index (χ1n) is 1.12. The second-order valence-electron chi connectivity index (χ2n) is 0.711. The molecular formula is CH7NaO5S. The molecular weight excluding hydrogens is 147 g/mol. The molecule has 0 aromatic carbocycles. The standard InChI is InChI=1S/CH4O4S.Na.H2O.H/c2-1-6(3,4)5;;;/h2H,1H2,(H,3,4,5);;1H2;. The molecule has 0 saturated carbocycles. The molecule has 4 N–H and O–H groups in total. The van der Waals surface area contributed by atoms with Crippen LogP contribution in [0.3, 0.4) is 0 Å². The summed E-state index contributed by atoms with van der Waals surface area (Å²) in [7, 11) is -4.11. The molecule has 0 saturated heterocycles. The number of aliphatic hydroxyl groups is 1. The van der Waals surface area contributed by atoms with E-state index in [0.29, 0.717) is 0 Å². The van der Waals surface area contributed by atoms with Crippen molar-refractivity contribution in [2.45, 2.75) is 0 Å². The predicted molar refractivity (Wildman–Crippen MR) is 29.4 cm³/mol. The molecule has 0 aliphatic carbocycles. The van der Waals surface area contributed by atoms with E-state index in [1.807, 2.05) is 0 Å². The molecule has 0 aromatic rings. The average Bonchev–Trinajstić information content (AvgIpc) is 1.35. The molecule has 0 aromatic heterocycles. The van der Waals surface area contributed by atoms with E-state index in [1.54, 1.807) is 0 Å². The van der Waals surface area contributed by atoms with Crippen molar-refractivity contribution in [1.82, 2.24) is 0 Å². The van der Waals surface area contributed by atoms with Crippen molar-refractivity contribution in [2.75, 3.05) is 5.94 Å². The molecule has 0 spiro atoms. The van der Waals surface area contributed by atoms with Gasteiger partial charge in [0.2, 0.25) is 0 Å². The Bertz CT molecular complexity index is 114. The van der Waals surface area contributed by atoms with Gasteiger partial charge in [0, 0.05) is 0 Å². The van der Waals surface area contributed by atoms with Gasteiger partial charge in [-0.1, -0.05) is 0 Å². The van der Waals surface area contributed by atoms with Gasteiger partial charge >= 0.3 is 29.6 Å². The van der Waals surface area contributed by atoms with Crippen molar-refractivity contribution in [1.29, 1.82) is 0 Å². The minimum absolute atomic E-state index is 0. The van der Waals surface area contributed by atoms with Gasteiger partial charge in [0.1, 0.15) is 0 Å². The van der Waals surface area contributed by atoms with E-state index in [9.17, 15) is 8.42 Å². The molecule has 0 amide bonds. The van der Waals surface area contributed by atoms with Crippen molar-refractivity contribution in [2.24, 2.45) is 0 Å². The van der Waals surface area contributed by atoms with Crippen LogP contribution in [0.15, 0.2) is 0 Å². The van der Waals surface area contributed by atoms with Gasteiger partial charge in [-0.3, -0.25) is 4.55 Å². The van der Waals surface area contributed by atoms with Gasteiger partial charge in [-0.15, -0.1) is 0 Å². The quantitative estimate of drug-likeness (QED) is 0.318. The summed E-state index contributed by atoms with van der Waals surface area (Å²) in [6.45, 7) is 0. The molecule has 0 aliphatic heterocycles. The molecule has 0 aliphatic rings. The van der Waals surface area contributed by atoms with Crippen LogP contribution in [0.5, 0.6) is 0 Å². The SMILES string of the molecule is O.O=S(=O)(O)CO.[NaH]. The van der Waals surface area contributed by atoms with Gasteiger partial charge in [0.15, 0.2) is 5.94 Å². The van der Waals surface area contributed by atoms with Gasteiger partial charge in [-0.2, -0.15) is 8.42 Å². The van der Waals surface area contributed by atoms with Crippen LogP contribution in [-0.2, 0) is 10.1 Å². The van der Waals surface area contributed by atoms with Crippen LogP contribution in [0.1, 0.15) is 0 Å². The molecule has 0 heterocycles. The molecule has 0 fully saturated rings. The Hall–Kier alpha value is 0.830. The molecule has 48 valence electrons. The fourth-order valence-corrected chi connectivity index (χ4v) is 0. The van der Waals surface area contributed by atoms with Gasteiger partial charge in [-0.25, -0.2) is 0 Å². The number of hydrogen-bond acceptors (Lipinski definition) is 3. The fraction of sp³-hybridized carbons (Fsp3) is 1.00. The summed E-state index contributed by atoms with van der Waals surface area (Å²) in [5, 5.41) is 7.56. The molecule has 0 rings (SSSR count). The van der Waals surface area contributed by atoms with Crippen LogP contribution >= 0.6 is 0 Å². The van der Waals surface area contributed by atoms with Gasteiger partial charge < -0.3 is 10.6 Å². The second kappa shape index (κ2) is 5.96. The van der Waals surface area contributed by atoms with E-state index >= 15 is 0 Å². The van der Waals surface area contributed by atoms with Crippen molar-refractivity contribution >= 4 is 39.7 Å². The number of hydrogen-bond donors (Lipinski definition) is 2. The monoisotopic (exact) mass is 154 g/mol. The Morgan fingerprint density at radius 2 is 1.50 bits per heavy atom. The summed E-state index contributed by atoms with van der Waals surface area (Å²) in [6.07, 6.45) is 0. The van der Waals surface area contributed by atoms with Crippen LogP contribution in [0, 0.1) is 0 Å². The summed E-state index contributed by atoms with van der Waals surface area (Å²) in [5.41, 5.74) is 0. The zero-order chi connectivity index (χ0) is 5.21. The summed E-state index contributed by atoms with van der Waals surface area (Å²) in [4.78, 5) is 0. The van der Waals surface area contributed by atoms with Gasteiger partial charge in [0.25, 0.3) is 10.1 Å². The van der Waals surface area contributed by atoms with Crippen LogP contribution in [0.4, 0.5) is 0 Å². The Balaban J connectivity index is -0.000000125. The van der Waals surface area contributed by atoms with E-state index in [4.69, 9.17) is 9.66 Å². The first-order chi connectivity index (χ1) is 2.56. The number of rotatable bonds is 1. The topological polar surface area (TPSA) is 106 Å². The summed E-state index contributed by atoms with van der Waals surface area (Å²) >= 11 is 0. The zero-order valence-corrected chi connectivity index (χ0v) is 4.14. The van der Waals surface area contributed by atoms with Gasteiger partial charge in [-0.05, 0) is 0 Å². The molecule has 0 atom stereocenters. The van der Waals surface area contributed by atoms with Crippen LogP contribution < -0.4 is 0 Å². The van der Waals surface area contributed by atoms with Gasteiger partial charge in [0.05, 0.1) is 0 Å². The predicted octanol–water partition coefficient (Wildman–Crippen LogP) is -2.65. The summed E-state index contributed by atoms with van der Waals surface area (Å²) in [6, 6.07) is 0. The van der Waals surface area contributed by atoms with E-state index < -0.39 is 16.1 Å². The van der Waals surface area contributed by atoms with Crippen molar-refractivity contribution in [3.05, 3.63) is 0 Å². The van der Waals surface area contributed by atoms with Crippen molar-refractivity contribution in [3.63, 3.8) is 0 Å². The molecule has 0 bridgehead atoms. The maximum absolute atomic E-state index is 9.31. The second-order valence-corrected chi connectivity index (χ2v) is 2.13. The van der Waals surface area contributed by atoms with Crippen LogP contribution in [0.2, 0.25) is 0 Å². The normalized spacial score (nSPS) is 8.75. The Morgan fingerprint density at radius 1 is 1.38 bits per heavy atom. The van der Waals surface area contributed by atoms with Crippen LogP contribution in [0.25, 0.3) is 0 Å². The first-order valence-corrected chi connectivity index (χ1v) is 2.73. The zero-order valence-electron chi connectivity index (χ0n) is 3.33. The minimum atomic E-state index is -4.11.